The second kappa shape index (κ2) is 7.49. The molecule has 3 aromatic rings. The lowest BCUT2D eigenvalue weighted by Gasteiger charge is -2.11. The van der Waals surface area contributed by atoms with Gasteiger partial charge in [0.2, 0.25) is 0 Å². The molecule has 1 heterocycles. The molecule has 0 fully saturated rings. The smallest absolute Gasteiger partial charge is 0.278 e. The van der Waals surface area contributed by atoms with Crippen LogP contribution in [-0.2, 0) is 0 Å². The normalized spacial score (nSPS) is 10.6. The molecule has 0 atom stereocenters. The number of nitrogens with zero attached hydrogens (tertiary/aromatic N) is 3. The first-order chi connectivity index (χ1) is 12.9. The fourth-order valence-corrected chi connectivity index (χ4v) is 2.81. The van der Waals surface area contributed by atoms with Gasteiger partial charge in [-0.05, 0) is 44.5 Å². The average Bonchev–Trinajstić information content (AvgIpc) is 3.03. The van der Waals surface area contributed by atoms with Crippen LogP contribution in [0.5, 0.6) is 11.5 Å². The van der Waals surface area contributed by atoms with Gasteiger partial charge in [-0.15, -0.1) is 5.10 Å². The first-order valence-corrected chi connectivity index (χ1v) is 8.48. The number of methoxy groups -OCH3 is 2. The maximum atomic E-state index is 12.7. The van der Waals surface area contributed by atoms with Crippen molar-refractivity contribution in [3.63, 3.8) is 0 Å². The molecule has 1 amide bonds. The van der Waals surface area contributed by atoms with Gasteiger partial charge in [0, 0.05) is 6.07 Å². The quantitative estimate of drug-likeness (QED) is 0.748. The SMILES string of the molecule is COc1ccc(NC(=O)c2nn(-c3ccc(C)cc3C)nc2C)c(OC)c1. The summed E-state index contributed by atoms with van der Waals surface area (Å²) in [6.07, 6.45) is 0. The summed E-state index contributed by atoms with van der Waals surface area (Å²) in [7, 11) is 3.11. The number of anilines is 1. The second-order valence-electron chi connectivity index (χ2n) is 6.23. The van der Waals surface area contributed by atoms with Crippen LogP contribution >= 0.6 is 0 Å². The number of nitrogens with one attached hydrogen (secondary N) is 1. The highest BCUT2D eigenvalue weighted by atomic mass is 16.5. The molecular formula is C20H22N4O3. The minimum atomic E-state index is -0.355. The molecule has 1 aromatic heterocycles. The Labute approximate surface area is 157 Å². The Balaban J connectivity index is 1.89. The van der Waals surface area contributed by atoms with Gasteiger partial charge in [-0.2, -0.15) is 9.90 Å². The van der Waals surface area contributed by atoms with Gasteiger partial charge in [-0.3, -0.25) is 4.79 Å². The number of ether oxygens (including phenoxy) is 2. The number of hydrogen-bond donors (Lipinski definition) is 1. The van der Waals surface area contributed by atoms with Crippen LogP contribution in [0.4, 0.5) is 5.69 Å². The van der Waals surface area contributed by atoms with Crippen LogP contribution in [0.25, 0.3) is 5.69 Å². The Bertz CT molecular complexity index is 995. The van der Waals surface area contributed by atoms with Gasteiger partial charge in [-0.1, -0.05) is 17.7 Å². The Hall–Kier alpha value is -3.35. The standard InChI is InChI=1S/C20H22N4O3/c1-12-6-9-17(13(2)10-12)24-22-14(3)19(23-24)20(25)21-16-8-7-15(26-4)11-18(16)27-5/h6-11H,1-5H3,(H,21,25). The molecule has 2 aromatic carbocycles. The predicted molar refractivity (Wildman–Crippen MR) is 103 cm³/mol. The lowest BCUT2D eigenvalue weighted by atomic mass is 10.1. The van der Waals surface area contributed by atoms with Crippen molar-refractivity contribution < 1.29 is 14.3 Å². The third-order valence-electron chi connectivity index (χ3n) is 4.22. The lowest BCUT2D eigenvalue weighted by Crippen LogP contribution is -2.15. The van der Waals surface area contributed by atoms with Gasteiger partial charge in [0.25, 0.3) is 5.91 Å². The maximum Gasteiger partial charge on any atom is 0.278 e. The third-order valence-corrected chi connectivity index (χ3v) is 4.22. The van der Waals surface area contributed by atoms with E-state index in [0.717, 1.165) is 16.8 Å². The van der Waals surface area contributed by atoms with Crippen LogP contribution < -0.4 is 14.8 Å². The summed E-state index contributed by atoms with van der Waals surface area (Å²) in [5.74, 6) is 0.788. The average molecular weight is 366 g/mol. The summed E-state index contributed by atoms with van der Waals surface area (Å²) < 4.78 is 10.5. The van der Waals surface area contributed by atoms with Gasteiger partial charge in [0.1, 0.15) is 11.5 Å². The van der Waals surface area contributed by atoms with Gasteiger partial charge in [-0.25, -0.2) is 0 Å². The largest absolute Gasteiger partial charge is 0.497 e. The summed E-state index contributed by atoms with van der Waals surface area (Å²) in [4.78, 5) is 14.2. The number of benzene rings is 2. The number of aromatic nitrogens is 3. The zero-order valence-corrected chi connectivity index (χ0v) is 16.0. The monoisotopic (exact) mass is 366 g/mol. The minimum Gasteiger partial charge on any atom is -0.497 e. The van der Waals surface area contributed by atoms with E-state index in [1.54, 1.807) is 32.2 Å². The number of amides is 1. The molecule has 0 radical (unpaired) electrons. The lowest BCUT2D eigenvalue weighted by molar-refractivity contribution is 0.102. The van der Waals surface area contributed by atoms with Crippen molar-refractivity contribution in [1.82, 2.24) is 15.0 Å². The van der Waals surface area contributed by atoms with Crippen molar-refractivity contribution in [2.75, 3.05) is 19.5 Å². The summed E-state index contributed by atoms with van der Waals surface area (Å²) in [6, 6.07) is 11.2. The summed E-state index contributed by atoms with van der Waals surface area (Å²) in [5, 5.41) is 11.6. The highest BCUT2D eigenvalue weighted by Gasteiger charge is 2.19. The Kier molecular flexibility index (Phi) is 5.12. The molecule has 7 nitrogen and oxygen atoms in total. The van der Waals surface area contributed by atoms with Gasteiger partial charge < -0.3 is 14.8 Å². The van der Waals surface area contributed by atoms with Crippen molar-refractivity contribution in [2.45, 2.75) is 20.8 Å². The molecule has 0 aliphatic heterocycles. The Morgan fingerprint density at radius 1 is 1.00 bits per heavy atom. The van der Waals surface area contributed by atoms with Crippen molar-refractivity contribution in [2.24, 2.45) is 0 Å². The zero-order valence-electron chi connectivity index (χ0n) is 16.0. The van der Waals surface area contributed by atoms with Crippen LogP contribution in [0, 0.1) is 20.8 Å². The molecule has 7 heteroatoms. The molecule has 140 valence electrons. The molecule has 1 N–H and O–H groups in total. The van der Waals surface area contributed by atoms with Crippen LogP contribution in [0.2, 0.25) is 0 Å². The fraction of sp³-hybridized carbons (Fsp3) is 0.250. The van der Waals surface area contributed by atoms with Gasteiger partial charge in [0.05, 0.1) is 31.3 Å². The van der Waals surface area contributed by atoms with Crippen molar-refractivity contribution in [3.05, 3.63) is 58.9 Å². The van der Waals surface area contributed by atoms with E-state index in [9.17, 15) is 4.79 Å². The molecule has 3 rings (SSSR count). The minimum absolute atomic E-state index is 0.257. The molecule has 0 aliphatic rings. The predicted octanol–water partition coefficient (Wildman–Crippen LogP) is 3.46. The van der Waals surface area contributed by atoms with Crippen molar-refractivity contribution >= 4 is 11.6 Å². The Morgan fingerprint density at radius 3 is 2.44 bits per heavy atom. The van der Waals surface area contributed by atoms with E-state index in [1.807, 2.05) is 26.0 Å². The van der Waals surface area contributed by atoms with E-state index in [2.05, 4.69) is 21.6 Å². The van der Waals surface area contributed by atoms with E-state index in [1.165, 1.54) is 11.9 Å². The zero-order chi connectivity index (χ0) is 19.6. The Morgan fingerprint density at radius 2 is 1.78 bits per heavy atom. The number of carbonyl (C=O) groups is 1. The first kappa shape index (κ1) is 18.4. The third kappa shape index (κ3) is 3.76. The van der Waals surface area contributed by atoms with Crippen LogP contribution in [0.15, 0.2) is 36.4 Å². The summed E-state index contributed by atoms with van der Waals surface area (Å²) in [6.45, 7) is 5.77. The molecule has 0 aliphatic carbocycles. The summed E-state index contributed by atoms with van der Waals surface area (Å²) >= 11 is 0. The molecule has 27 heavy (non-hydrogen) atoms. The highest BCUT2D eigenvalue weighted by molar-refractivity contribution is 6.04. The first-order valence-electron chi connectivity index (χ1n) is 8.48. The van der Waals surface area contributed by atoms with Gasteiger partial charge >= 0.3 is 0 Å². The number of hydrogen-bond acceptors (Lipinski definition) is 5. The van der Waals surface area contributed by atoms with Crippen molar-refractivity contribution in [3.8, 4) is 17.2 Å². The van der Waals surface area contributed by atoms with Crippen molar-refractivity contribution in [1.29, 1.82) is 0 Å². The maximum absolute atomic E-state index is 12.7. The topological polar surface area (TPSA) is 78.3 Å². The van der Waals surface area contributed by atoms with E-state index in [4.69, 9.17) is 9.47 Å². The molecule has 0 bridgehead atoms. The van der Waals surface area contributed by atoms with E-state index in [-0.39, 0.29) is 11.6 Å². The molecule has 0 saturated heterocycles. The number of carbonyl (C=O) groups excluding carboxylic acids is 1. The van der Waals surface area contributed by atoms with Crippen LogP contribution in [-0.4, -0.2) is 35.1 Å². The van der Waals surface area contributed by atoms with E-state index in [0.29, 0.717) is 22.9 Å². The second-order valence-corrected chi connectivity index (χ2v) is 6.23. The number of aryl methyl sites for hydroxylation is 3. The van der Waals surface area contributed by atoms with Crippen LogP contribution in [0.1, 0.15) is 27.3 Å². The summed E-state index contributed by atoms with van der Waals surface area (Å²) in [5.41, 5.74) is 4.36. The molecule has 0 spiro atoms. The van der Waals surface area contributed by atoms with Crippen LogP contribution in [0.3, 0.4) is 0 Å². The number of rotatable bonds is 5. The molecule has 0 saturated carbocycles. The van der Waals surface area contributed by atoms with E-state index >= 15 is 0 Å². The van der Waals surface area contributed by atoms with Gasteiger partial charge in [0.15, 0.2) is 5.69 Å². The highest BCUT2D eigenvalue weighted by Crippen LogP contribution is 2.29. The van der Waals surface area contributed by atoms with E-state index < -0.39 is 0 Å². The molecule has 0 unspecified atom stereocenters. The molecular weight excluding hydrogens is 344 g/mol. The fourth-order valence-electron chi connectivity index (χ4n) is 2.81.